The molecular weight excluding hydrogens is 250 g/mol. The zero-order valence-corrected chi connectivity index (χ0v) is 11.0. The Bertz CT molecular complexity index is 333. The molecule has 0 aliphatic heterocycles. The molecule has 0 aromatic heterocycles. The van der Waals surface area contributed by atoms with Gasteiger partial charge in [-0.3, -0.25) is 0 Å². The van der Waals surface area contributed by atoms with E-state index < -0.39 is 0 Å². The van der Waals surface area contributed by atoms with Crippen LogP contribution in [0.4, 0.5) is 0 Å². The molecule has 0 fully saturated rings. The first-order valence-electron chi connectivity index (χ1n) is 5.24. The fraction of sp³-hybridized carbons (Fsp3) is 0.385. The number of nitrogens with one attached hydrogen (secondary N) is 1. The molecule has 0 spiro atoms. The van der Waals surface area contributed by atoms with Gasteiger partial charge in [-0.05, 0) is 37.9 Å². The normalized spacial score (nSPS) is 12.5. The van der Waals surface area contributed by atoms with Crippen molar-refractivity contribution in [3.63, 3.8) is 0 Å². The van der Waals surface area contributed by atoms with Gasteiger partial charge in [-0.2, -0.15) is 0 Å². The number of hydrogen-bond acceptors (Lipinski definition) is 1. The van der Waals surface area contributed by atoms with Crippen molar-refractivity contribution in [2.24, 2.45) is 0 Å². The standard InChI is InChI=1S/C13H18BrN/c1-4-5-9-12(15-3)11-8-6-7-10(2)13(11)14/h4,6-8,12,15H,1,5,9H2,2-3H3. The Morgan fingerprint density at radius 2 is 2.27 bits per heavy atom. The second kappa shape index (κ2) is 6.09. The van der Waals surface area contributed by atoms with Crippen molar-refractivity contribution >= 4 is 15.9 Å². The highest BCUT2D eigenvalue weighted by molar-refractivity contribution is 9.10. The molecule has 82 valence electrons. The van der Waals surface area contributed by atoms with Gasteiger partial charge in [0.1, 0.15) is 0 Å². The van der Waals surface area contributed by atoms with Crippen molar-refractivity contribution in [3.05, 3.63) is 46.5 Å². The lowest BCUT2D eigenvalue weighted by Crippen LogP contribution is -2.16. The van der Waals surface area contributed by atoms with E-state index in [1.807, 2.05) is 13.1 Å². The molecule has 0 saturated heterocycles. The average Bonchev–Trinajstić information content (AvgIpc) is 2.25. The van der Waals surface area contributed by atoms with E-state index >= 15 is 0 Å². The minimum Gasteiger partial charge on any atom is -0.313 e. The van der Waals surface area contributed by atoms with Crippen LogP contribution in [0.15, 0.2) is 35.3 Å². The molecular formula is C13H18BrN. The number of aryl methyl sites for hydroxylation is 1. The molecule has 1 N–H and O–H groups in total. The van der Waals surface area contributed by atoms with Gasteiger partial charge in [-0.1, -0.05) is 40.2 Å². The average molecular weight is 268 g/mol. The van der Waals surface area contributed by atoms with Crippen LogP contribution in [-0.4, -0.2) is 7.05 Å². The van der Waals surface area contributed by atoms with Crippen LogP contribution in [0.25, 0.3) is 0 Å². The van der Waals surface area contributed by atoms with Crippen molar-refractivity contribution in [1.29, 1.82) is 0 Å². The highest BCUT2D eigenvalue weighted by atomic mass is 79.9. The Hall–Kier alpha value is -0.600. The molecule has 1 unspecified atom stereocenters. The van der Waals surface area contributed by atoms with Gasteiger partial charge in [0.15, 0.2) is 0 Å². The minimum atomic E-state index is 0.400. The van der Waals surface area contributed by atoms with Gasteiger partial charge in [0, 0.05) is 10.5 Å². The predicted molar refractivity (Wildman–Crippen MR) is 70.1 cm³/mol. The van der Waals surface area contributed by atoms with E-state index in [1.165, 1.54) is 15.6 Å². The summed E-state index contributed by atoms with van der Waals surface area (Å²) >= 11 is 3.65. The van der Waals surface area contributed by atoms with Crippen LogP contribution >= 0.6 is 15.9 Å². The first kappa shape index (κ1) is 12.5. The lowest BCUT2D eigenvalue weighted by Gasteiger charge is -2.18. The van der Waals surface area contributed by atoms with E-state index in [-0.39, 0.29) is 0 Å². The summed E-state index contributed by atoms with van der Waals surface area (Å²) in [6.07, 6.45) is 4.09. The van der Waals surface area contributed by atoms with E-state index in [0.717, 1.165) is 12.8 Å². The molecule has 0 saturated carbocycles. The molecule has 0 amide bonds. The van der Waals surface area contributed by atoms with Crippen LogP contribution in [0.1, 0.15) is 30.0 Å². The number of hydrogen-bond donors (Lipinski definition) is 1. The molecule has 1 rings (SSSR count). The number of allylic oxidation sites excluding steroid dienone is 1. The highest BCUT2D eigenvalue weighted by Gasteiger charge is 2.12. The van der Waals surface area contributed by atoms with Crippen LogP contribution in [0.2, 0.25) is 0 Å². The van der Waals surface area contributed by atoms with Gasteiger partial charge in [-0.25, -0.2) is 0 Å². The molecule has 0 aliphatic rings. The fourth-order valence-corrected chi connectivity index (χ4v) is 2.22. The predicted octanol–water partition coefficient (Wildman–Crippen LogP) is 3.98. The summed E-state index contributed by atoms with van der Waals surface area (Å²) in [5.74, 6) is 0. The molecule has 1 aromatic rings. The van der Waals surface area contributed by atoms with Crippen molar-refractivity contribution in [2.75, 3.05) is 7.05 Å². The Kier molecular flexibility index (Phi) is 5.06. The van der Waals surface area contributed by atoms with Gasteiger partial charge >= 0.3 is 0 Å². The van der Waals surface area contributed by atoms with Crippen LogP contribution in [0.3, 0.4) is 0 Å². The van der Waals surface area contributed by atoms with Gasteiger partial charge in [0.05, 0.1) is 0 Å². The van der Waals surface area contributed by atoms with Crippen molar-refractivity contribution in [1.82, 2.24) is 5.32 Å². The number of halogens is 1. The summed E-state index contributed by atoms with van der Waals surface area (Å²) in [7, 11) is 2.00. The second-order valence-corrected chi connectivity index (χ2v) is 4.48. The van der Waals surface area contributed by atoms with Gasteiger partial charge in [0.25, 0.3) is 0 Å². The SMILES string of the molecule is C=CCCC(NC)c1cccc(C)c1Br. The molecule has 2 heteroatoms. The van der Waals surface area contributed by atoms with Crippen LogP contribution in [0, 0.1) is 6.92 Å². The summed E-state index contributed by atoms with van der Waals surface area (Å²) in [6, 6.07) is 6.79. The molecule has 0 bridgehead atoms. The topological polar surface area (TPSA) is 12.0 Å². The molecule has 1 aromatic carbocycles. The summed E-state index contributed by atoms with van der Waals surface area (Å²) in [4.78, 5) is 0. The monoisotopic (exact) mass is 267 g/mol. The third-order valence-electron chi connectivity index (χ3n) is 2.61. The van der Waals surface area contributed by atoms with E-state index in [2.05, 4.69) is 52.9 Å². The molecule has 0 aliphatic carbocycles. The number of rotatable bonds is 5. The molecule has 15 heavy (non-hydrogen) atoms. The lowest BCUT2D eigenvalue weighted by atomic mass is 10.0. The largest absolute Gasteiger partial charge is 0.313 e. The molecule has 1 atom stereocenters. The molecule has 1 nitrogen and oxygen atoms in total. The Labute approximate surface area is 101 Å². The van der Waals surface area contributed by atoms with Gasteiger partial charge in [-0.15, -0.1) is 6.58 Å². The summed E-state index contributed by atoms with van der Waals surface area (Å²) < 4.78 is 1.22. The van der Waals surface area contributed by atoms with Gasteiger partial charge < -0.3 is 5.32 Å². The van der Waals surface area contributed by atoms with Crippen molar-refractivity contribution in [2.45, 2.75) is 25.8 Å². The quantitative estimate of drug-likeness (QED) is 0.796. The van der Waals surface area contributed by atoms with E-state index in [1.54, 1.807) is 0 Å². The smallest absolute Gasteiger partial charge is 0.0331 e. The fourth-order valence-electron chi connectivity index (χ4n) is 1.68. The third kappa shape index (κ3) is 3.18. The Morgan fingerprint density at radius 3 is 2.87 bits per heavy atom. The molecule has 0 heterocycles. The number of benzene rings is 1. The minimum absolute atomic E-state index is 0.400. The highest BCUT2D eigenvalue weighted by Crippen LogP contribution is 2.28. The first-order chi connectivity index (χ1) is 7.20. The summed E-state index contributed by atoms with van der Waals surface area (Å²) in [6.45, 7) is 5.88. The maximum Gasteiger partial charge on any atom is 0.0331 e. The maximum atomic E-state index is 3.76. The van der Waals surface area contributed by atoms with Crippen molar-refractivity contribution in [3.8, 4) is 0 Å². The lowest BCUT2D eigenvalue weighted by molar-refractivity contribution is 0.552. The Morgan fingerprint density at radius 1 is 1.53 bits per heavy atom. The second-order valence-electron chi connectivity index (χ2n) is 3.69. The Balaban J connectivity index is 2.90. The van der Waals surface area contributed by atoms with Crippen LogP contribution in [-0.2, 0) is 0 Å². The zero-order valence-electron chi connectivity index (χ0n) is 9.39. The van der Waals surface area contributed by atoms with Crippen molar-refractivity contribution < 1.29 is 0 Å². The maximum absolute atomic E-state index is 3.76. The van der Waals surface area contributed by atoms with Crippen LogP contribution < -0.4 is 5.32 Å². The summed E-state index contributed by atoms with van der Waals surface area (Å²) in [5, 5.41) is 3.34. The van der Waals surface area contributed by atoms with Gasteiger partial charge in [0.2, 0.25) is 0 Å². The van der Waals surface area contributed by atoms with E-state index in [9.17, 15) is 0 Å². The van der Waals surface area contributed by atoms with E-state index in [0.29, 0.717) is 6.04 Å². The summed E-state index contributed by atoms with van der Waals surface area (Å²) in [5.41, 5.74) is 2.62. The zero-order chi connectivity index (χ0) is 11.3. The molecule has 0 radical (unpaired) electrons. The third-order valence-corrected chi connectivity index (χ3v) is 3.69. The van der Waals surface area contributed by atoms with E-state index in [4.69, 9.17) is 0 Å². The van der Waals surface area contributed by atoms with Crippen LogP contribution in [0.5, 0.6) is 0 Å². The first-order valence-corrected chi connectivity index (χ1v) is 6.03.